The molecule has 0 atom stereocenters. The minimum Gasteiger partial charge on any atom is -0.481 e. The summed E-state index contributed by atoms with van der Waals surface area (Å²) in [6, 6.07) is 9.04. The first-order valence-corrected chi connectivity index (χ1v) is 12.2. The van der Waals surface area contributed by atoms with Gasteiger partial charge < -0.3 is 10.1 Å². The zero-order valence-electron chi connectivity index (χ0n) is 17.6. The van der Waals surface area contributed by atoms with E-state index in [0.29, 0.717) is 21.2 Å². The van der Waals surface area contributed by atoms with Crippen molar-refractivity contribution in [2.75, 3.05) is 7.11 Å². The first-order chi connectivity index (χ1) is 15.8. The van der Waals surface area contributed by atoms with E-state index >= 15 is 0 Å². The van der Waals surface area contributed by atoms with Crippen LogP contribution in [0.1, 0.15) is 26.4 Å². The number of methoxy groups -OCH3 is 1. The van der Waals surface area contributed by atoms with Crippen molar-refractivity contribution < 1.29 is 9.53 Å². The first-order valence-electron chi connectivity index (χ1n) is 9.75. The van der Waals surface area contributed by atoms with Crippen LogP contribution >= 0.6 is 43.2 Å². The van der Waals surface area contributed by atoms with Crippen molar-refractivity contribution in [1.82, 2.24) is 19.3 Å². The van der Waals surface area contributed by atoms with E-state index in [0.717, 1.165) is 31.4 Å². The molecule has 11 heteroatoms. The Morgan fingerprint density at radius 2 is 1.94 bits per heavy atom. The third-order valence-corrected chi connectivity index (χ3v) is 8.09. The molecule has 0 unspecified atom stereocenters. The Morgan fingerprint density at radius 3 is 2.67 bits per heavy atom. The van der Waals surface area contributed by atoms with Gasteiger partial charge in [-0.2, -0.15) is 0 Å². The molecule has 0 aliphatic heterocycles. The Kier molecular flexibility index (Phi) is 6.82. The van der Waals surface area contributed by atoms with Crippen molar-refractivity contribution in [3.05, 3.63) is 94.1 Å². The fourth-order valence-electron chi connectivity index (χ4n) is 3.27. The number of halogens is 2. The fourth-order valence-corrected chi connectivity index (χ4v) is 4.95. The van der Waals surface area contributed by atoms with Gasteiger partial charge in [-0.05, 0) is 68.1 Å². The average molecular weight is 594 g/mol. The van der Waals surface area contributed by atoms with E-state index in [9.17, 15) is 14.4 Å². The summed E-state index contributed by atoms with van der Waals surface area (Å²) < 4.78 is 9.33. The van der Waals surface area contributed by atoms with Gasteiger partial charge in [0.1, 0.15) is 9.71 Å². The van der Waals surface area contributed by atoms with Crippen LogP contribution in [0, 0.1) is 6.92 Å². The Labute approximate surface area is 209 Å². The van der Waals surface area contributed by atoms with Crippen LogP contribution in [0.5, 0.6) is 5.88 Å². The number of hydrogen-bond donors (Lipinski definition) is 1. The van der Waals surface area contributed by atoms with Crippen LogP contribution in [0.4, 0.5) is 0 Å². The summed E-state index contributed by atoms with van der Waals surface area (Å²) in [7, 11) is 1.52. The van der Waals surface area contributed by atoms with Crippen molar-refractivity contribution in [2.45, 2.75) is 20.0 Å². The quantitative estimate of drug-likeness (QED) is 0.367. The lowest BCUT2D eigenvalue weighted by molar-refractivity contribution is 0.0954. The van der Waals surface area contributed by atoms with Crippen molar-refractivity contribution in [3.8, 4) is 5.88 Å². The fraction of sp³-hybridized carbons (Fsp3) is 0.182. The van der Waals surface area contributed by atoms with Crippen LogP contribution in [0.15, 0.2) is 61.3 Å². The highest BCUT2D eigenvalue weighted by atomic mass is 79.9. The van der Waals surface area contributed by atoms with Gasteiger partial charge in [-0.1, -0.05) is 6.07 Å². The molecule has 170 valence electrons. The predicted octanol–water partition coefficient (Wildman–Crippen LogP) is 3.74. The summed E-state index contributed by atoms with van der Waals surface area (Å²) in [5.41, 5.74) is 1.16. The molecule has 0 aliphatic carbocycles. The largest absolute Gasteiger partial charge is 0.481 e. The van der Waals surface area contributed by atoms with Crippen LogP contribution in [0.3, 0.4) is 0 Å². The highest BCUT2D eigenvalue weighted by Crippen LogP contribution is 2.24. The highest BCUT2D eigenvalue weighted by molar-refractivity contribution is 9.13. The molecule has 0 saturated heterocycles. The van der Waals surface area contributed by atoms with Crippen LogP contribution in [0.2, 0.25) is 0 Å². The molecule has 0 fully saturated rings. The van der Waals surface area contributed by atoms with Gasteiger partial charge in [-0.3, -0.25) is 18.6 Å². The van der Waals surface area contributed by atoms with Crippen LogP contribution in [-0.2, 0) is 13.1 Å². The highest BCUT2D eigenvalue weighted by Gasteiger charge is 2.18. The maximum Gasteiger partial charge on any atom is 0.336 e. The van der Waals surface area contributed by atoms with E-state index in [4.69, 9.17) is 4.74 Å². The average Bonchev–Trinajstić information content (AvgIpc) is 3.27. The van der Waals surface area contributed by atoms with E-state index in [-0.39, 0.29) is 24.6 Å². The second kappa shape index (κ2) is 9.62. The molecule has 3 aromatic heterocycles. The number of carbonyl (C=O) groups excluding carboxylic acids is 1. The van der Waals surface area contributed by atoms with Gasteiger partial charge in [-0.25, -0.2) is 9.78 Å². The number of carbonyl (C=O) groups is 1. The molecule has 0 spiro atoms. The van der Waals surface area contributed by atoms with Gasteiger partial charge in [0, 0.05) is 39.5 Å². The number of aryl methyl sites for hydroxylation is 1. The minimum absolute atomic E-state index is 0.120. The van der Waals surface area contributed by atoms with E-state index in [1.165, 1.54) is 22.3 Å². The molecular formula is C22H18Br2N4O4S. The summed E-state index contributed by atoms with van der Waals surface area (Å²) in [5, 5.41) is 2.83. The maximum absolute atomic E-state index is 13.1. The molecule has 0 radical (unpaired) electrons. The number of fused-ring (bicyclic) bond motifs is 1. The van der Waals surface area contributed by atoms with Crippen LogP contribution < -0.4 is 21.3 Å². The van der Waals surface area contributed by atoms with Crippen LogP contribution in [0.25, 0.3) is 4.83 Å². The third-order valence-electron chi connectivity index (χ3n) is 5.01. The molecule has 1 amide bonds. The molecule has 0 aliphatic rings. The standard InChI is InChI=1S/C22H18Br2N4O4S/c1-12-20(30)27(10-14-3-4-15(23)16(24)7-14)22(31)28-11-17(33-21(12)28)19(29)26-9-13-5-6-25-18(8-13)32-2/h3-8,11H,9-10H2,1-2H3,(H,26,29). The Hall–Kier alpha value is -2.76. The number of pyridine rings is 1. The molecule has 0 bridgehead atoms. The molecular weight excluding hydrogens is 576 g/mol. The lowest BCUT2D eigenvalue weighted by Crippen LogP contribution is -2.38. The Balaban J connectivity index is 1.64. The van der Waals surface area contributed by atoms with E-state index < -0.39 is 5.69 Å². The summed E-state index contributed by atoms with van der Waals surface area (Å²) in [6.45, 7) is 2.05. The molecule has 33 heavy (non-hydrogen) atoms. The van der Waals surface area contributed by atoms with Gasteiger partial charge in [0.05, 0.1) is 13.7 Å². The first kappa shape index (κ1) is 23.4. The zero-order valence-corrected chi connectivity index (χ0v) is 21.6. The van der Waals surface area contributed by atoms with E-state index in [1.807, 2.05) is 18.2 Å². The summed E-state index contributed by atoms with van der Waals surface area (Å²) in [5.74, 6) is 0.116. The lowest BCUT2D eigenvalue weighted by Gasteiger charge is -2.08. The van der Waals surface area contributed by atoms with Gasteiger partial charge in [-0.15, -0.1) is 11.3 Å². The minimum atomic E-state index is -0.492. The molecule has 1 N–H and O–H groups in total. The van der Waals surface area contributed by atoms with Crippen molar-refractivity contribution in [3.63, 3.8) is 0 Å². The molecule has 3 heterocycles. The van der Waals surface area contributed by atoms with Gasteiger partial charge >= 0.3 is 5.69 Å². The lowest BCUT2D eigenvalue weighted by atomic mass is 10.2. The summed E-state index contributed by atoms with van der Waals surface area (Å²) in [6.07, 6.45) is 3.08. The number of benzene rings is 1. The van der Waals surface area contributed by atoms with Crippen molar-refractivity contribution in [2.24, 2.45) is 0 Å². The summed E-state index contributed by atoms with van der Waals surface area (Å²) >= 11 is 7.96. The Morgan fingerprint density at radius 1 is 1.15 bits per heavy atom. The second-order valence-corrected chi connectivity index (χ2v) is 9.95. The monoisotopic (exact) mass is 592 g/mol. The number of nitrogens with zero attached hydrogens (tertiary/aromatic N) is 3. The molecule has 4 aromatic rings. The SMILES string of the molecule is COc1cc(CNC(=O)c2cn3c(=O)n(Cc4ccc(Br)c(Br)c4)c(=O)c(C)c3s2)ccn1. The smallest absolute Gasteiger partial charge is 0.336 e. The third kappa shape index (κ3) is 4.80. The van der Waals surface area contributed by atoms with Gasteiger partial charge in [0.2, 0.25) is 5.88 Å². The number of hydrogen-bond acceptors (Lipinski definition) is 6. The van der Waals surface area contributed by atoms with Crippen LogP contribution in [-0.4, -0.2) is 27.0 Å². The number of nitrogens with one attached hydrogen (secondary N) is 1. The topological polar surface area (TPSA) is 94.7 Å². The summed E-state index contributed by atoms with van der Waals surface area (Å²) in [4.78, 5) is 43.6. The van der Waals surface area contributed by atoms with Crippen molar-refractivity contribution in [1.29, 1.82) is 0 Å². The molecule has 1 aromatic carbocycles. The Bertz CT molecular complexity index is 1490. The number of amides is 1. The second-order valence-electron chi connectivity index (χ2n) is 7.21. The number of aromatic nitrogens is 3. The number of ether oxygens (including phenoxy) is 1. The van der Waals surface area contributed by atoms with Crippen molar-refractivity contribution >= 4 is 53.9 Å². The number of thiazole rings is 1. The zero-order chi connectivity index (χ0) is 23.7. The predicted molar refractivity (Wildman–Crippen MR) is 133 cm³/mol. The normalized spacial score (nSPS) is 11.0. The van der Waals surface area contributed by atoms with E-state index in [2.05, 4.69) is 42.2 Å². The maximum atomic E-state index is 13.1. The van der Waals surface area contributed by atoms with Gasteiger partial charge in [0.25, 0.3) is 11.5 Å². The number of rotatable bonds is 6. The van der Waals surface area contributed by atoms with Gasteiger partial charge in [0.15, 0.2) is 0 Å². The molecule has 4 rings (SSSR count). The molecule has 8 nitrogen and oxygen atoms in total. The molecule has 0 saturated carbocycles. The van der Waals surface area contributed by atoms with E-state index in [1.54, 1.807) is 25.3 Å².